The summed E-state index contributed by atoms with van der Waals surface area (Å²) in [6.45, 7) is 0.828. The lowest BCUT2D eigenvalue weighted by atomic mass is 9.90. The van der Waals surface area contributed by atoms with Crippen LogP contribution in [0.5, 0.6) is 0 Å². The molecule has 7 heteroatoms. The third-order valence-electron chi connectivity index (χ3n) is 6.58. The van der Waals surface area contributed by atoms with Crippen LogP contribution in [0, 0.1) is 5.92 Å². The van der Waals surface area contributed by atoms with Gasteiger partial charge in [0.05, 0.1) is 0 Å². The first kappa shape index (κ1) is 26.4. The van der Waals surface area contributed by atoms with E-state index in [0.717, 1.165) is 50.3 Å². The van der Waals surface area contributed by atoms with Crippen LogP contribution < -0.4 is 5.32 Å². The van der Waals surface area contributed by atoms with Gasteiger partial charge in [-0.05, 0) is 31.7 Å². The molecule has 32 heavy (non-hydrogen) atoms. The number of furan rings is 1. The lowest BCUT2D eigenvalue weighted by Crippen LogP contribution is -2.50. The van der Waals surface area contributed by atoms with Gasteiger partial charge in [0.25, 0.3) is 10.0 Å². The highest BCUT2D eigenvalue weighted by Crippen LogP contribution is 2.31. The SMILES string of the molecule is C.C.O=C(NCC1CCCCN1S(=O)(=O)c1occ2ccccc12)C1CCCCCCC1. The molecule has 1 unspecified atom stereocenters. The fraction of sp³-hybridized carbons (Fsp3) is 0.640. The van der Waals surface area contributed by atoms with Crippen molar-refractivity contribution in [2.45, 2.75) is 90.2 Å². The maximum Gasteiger partial charge on any atom is 0.277 e. The van der Waals surface area contributed by atoms with Gasteiger partial charge in [0, 0.05) is 35.8 Å². The number of carbonyl (C=O) groups is 1. The first-order valence-electron chi connectivity index (χ1n) is 11.3. The number of rotatable bonds is 5. The van der Waals surface area contributed by atoms with E-state index in [1.165, 1.54) is 25.5 Å². The number of nitrogens with zero attached hydrogens (tertiary/aromatic N) is 1. The smallest absolute Gasteiger partial charge is 0.277 e. The summed E-state index contributed by atoms with van der Waals surface area (Å²) in [7, 11) is -3.76. The van der Waals surface area contributed by atoms with Gasteiger partial charge in [0.1, 0.15) is 6.26 Å². The standard InChI is InChI=1S/C23H32N2O4S.2CH4/c26-22(18-10-4-2-1-3-5-11-18)24-16-20-13-8-9-15-25(20)30(27,28)23-21-14-7-6-12-19(21)17-29-23;;/h6-7,12,14,17-18,20H,1-5,8-11,13,15-16H2,(H,24,26);2*1H4. The number of amides is 1. The molecule has 1 amide bonds. The Morgan fingerprint density at radius 2 is 1.62 bits per heavy atom. The average molecular weight is 465 g/mol. The Labute approximate surface area is 193 Å². The van der Waals surface area contributed by atoms with Gasteiger partial charge in [-0.3, -0.25) is 4.79 Å². The van der Waals surface area contributed by atoms with Gasteiger partial charge in [-0.2, -0.15) is 4.31 Å². The summed E-state index contributed by atoms with van der Waals surface area (Å²) in [4.78, 5) is 12.8. The summed E-state index contributed by atoms with van der Waals surface area (Å²) in [5.41, 5.74) is 0. The molecule has 2 heterocycles. The zero-order valence-electron chi connectivity index (χ0n) is 17.5. The van der Waals surface area contributed by atoms with Crippen molar-refractivity contribution < 1.29 is 17.6 Å². The van der Waals surface area contributed by atoms with Gasteiger partial charge < -0.3 is 9.73 Å². The Morgan fingerprint density at radius 1 is 0.969 bits per heavy atom. The Morgan fingerprint density at radius 3 is 2.38 bits per heavy atom. The van der Waals surface area contributed by atoms with Crippen LogP contribution in [0.2, 0.25) is 0 Å². The van der Waals surface area contributed by atoms with Crippen LogP contribution in [0.1, 0.15) is 79.1 Å². The number of fused-ring (bicyclic) bond motifs is 1. The summed E-state index contributed by atoms with van der Waals surface area (Å²) in [6.07, 6.45) is 11.8. The van der Waals surface area contributed by atoms with Crippen molar-refractivity contribution in [3.63, 3.8) is 0 Å². The summed E-state index contributed by atoms with van der Waals surface area (Å²) in [5, 5.41) is 4.48. The maximum atomic E-state index is 13.4. The molecule has 0 bridgehead atoms. The summed E-state index contributed by atoms with van der Waals surface area (Å²) < 4.78 is 33.9. The molecule has 2 aromatic rings. The lowest BCUT2D eigenvalue weighted by molar-refractivity contribution is -0.125. The molecule has 2 aliphatic rings. The normalized spacial score (nSPS) is 21.1. The zero-order chi connectivity index (χ0) is 21.0. The minimum atomic E-state index is -3.76. The van der Waals surface area contributed by atoms with Crippen LogP contribution in [0.4, 0.5) is 0 Å². The Hall–Kier alpha value is -1.86. The first-order valence-corrected chi connectivity index (χ1v) is 12.8. The fourth-order valence-electron chi connectivity index (χ4n) is 4.85. The van der Waals surface area contributed by atoms with Crippen molar-refractivity contribution in [3.05, 3.63) is 30.5 Å². The minimum absolute atomic E-state index is 0. The van der Waals surface area contributed by atoms with E-state index in [0.29, 0.717) is 18.5 Å². The predicted octanol–water partition coefficient (Wildman–Crippen LogP) is 5.72. The highest BCUT2D eigenvalue weighted by molar-refractivity contribution is 7.89. The number of sulfonamides is 1. The topological polar surface area (TPSA) is 79.6 Å². The molecule has 1 aromatic carbocycles. The van der Waals surface area contributed by atoms with E-state index >= 15 is 0 Å². The molecule has 0 spiro atoms. The molecule has 2 fully saturated rings. The Balaban J connectivity index is 0.00000181. The van der Waals surface area contributed by atoms with Crippen LogP contribution in [-0.4, -0.2) is 37.8 Å². The van der Waals surface area contributed by atoms with Crippen LogP contribution in [-0.2, 0) is 14.8 Å². The molecule has 1 aromatic heterocycles. The van der Waals surface area contributed by atoms with Crippen molar-refractivity contribution in [2.24, 2.45) is 5.92 Å². The van der Waals surface area contributed by atoms with E-state index in [9.17, 15) is 13.2 Å². The molecule has 1 aliphatic carbocycles. The lowest BCUT2D eigenvalue weighted by Gasteiger charge is -2.34. The predicted molar refractivity (Wildman–Crippen MR) is 130 cm³/mol. The maximum absolute atomic E-state index is 13.4. The van der Waals surface area contributed by atoms with Gasteiger partial charge in [0.2, 0.25) is 11.0 Å². The third kappa shape index (κ3) is 5.73. The van der Waals surface area contributed by atoms with E-state index in [1.54, 1.807) is 10.4 Å². The van der Waals surface area contributed by atoms with Crippen molar-refractivity contribution >= 4 is 26.7 Å². The van der Waals surface area contributed by atoms with Gasteiger partial charge >= 0.3 is 0 Å². The Bertz CT molecular complexity index is 961. The number of nitrogens with one attached hydrogen (secondary N) is 1. The molecule has 4 rings (SSSR count). The summed E-state index contributed by atoms with van der Waals surface area (Å²) >= 11 is 0. The molecule has 1 saturated heterocycles. The van der Waals surface area contributed by atoms with Gasteiger partial charge in [-0.25, -0.2) is 8.42 Å². The van der Waals surface area contributed by atoms with Gasteiger partial charge in [0.15, 0.2) is 0 Å². The number of carbonyl (C=O) groups excluding carboxylic acids is 1. The van der Waals surface area contributed by atoms with E-state index in [1.807, 2.05) is 18.2 Å². The highest BCUT2D eigenvalue weighted by atomic mass is 32.2. The fourth-order valence-corrected chi connectivity index (χ4v) is 6.64. The van der Waals surface area contributed by atoms with E-state index in [4.69, 9.17) is 4.42 Å². The van der Waals surface area contributed by atoms with E-state index < -0.39 is 10.0 Å². The van der Waals surface area contributed by atoms with Crippen molar-refractivity contribution in [2.75, 3.05) is 13.1 Å². The average Bonchev–Trinajstić information content (AvgIpc) is 3.17. The number of piperidine rings is 1. The molecule has 180 valence electrons. The Kier molecular flexibility index (Phi) is 9.77. The van der Waals surface area contributed by atoms with Crippen LogP contribution in [0.25, 0.3) is 10.8 Å². The molecule has 6 nitrogen and oxygen atoms in total. The van der Waals surface area contributed by atoms with E-state index in [2.05, 4.69) is 5.32 Å². The first-order chi connectivity index (χ1) is 14.6. The number of hydrogen-bond donors (Lipinski definition) is 1. The number of benzene rings is 1. The largest absolute Gasteiger partial charge is 0.450 e. The molecule has 0 radical (unpaired) electrons. The van der Waals surface area contributed by atoms with Crippen LogP contribution in [0.3, 0.4) is 0 Å². The van der Waals surface area contributed by atoms with Crippen LogP contribution in [0.15, 0.2) is 40.0 Å². The molecular weight excluding hydrogens is 424 g/mol. The van der Waals surface area contributed by atoms with E-state index in [-0.39, 0.29) is 37.8 Å². The third-order valence-corrected chi connectivity index (χ3v) is 8.46. The van der Waals surface area contributed by atoms with Gasteiger partial charge in [-0.1, -0.05) is 71.6 Å². The number of hydrogen-bond acceptors (Lipinski definition) is 4. The zero-order valence-corrected chi connectivity index (χ0v) is 18.3. The van der Waals surface area contributed by atoms with Crippen molar-refractivity contribution in [1.29, 1.82) is 0 Å². The summed E-state index contributed by atoms with van der Waals surface area (Å²) in [6, 6.07) is 7.08. The molecule has 1 N–H and O–H groups in total. The monoisotopic (exact) mass is 464 g/mol. The van der Waals surface area contributed by atoms with Crippen molar-refractivity contribution in [3.8, 4) is 0 Å². The minimum Gasteiger partial charge on any atom is -0.450 e. The highest BCUT2D eigenvalue weighted by Gasteiger charge is 2.37. The van der Waals surface area contributed by atoms with Crippen molar-refractivity contribution in [1.82, 2.24) is 9.62 Å². The van der Waals surface area contributed by atoms with Gasteiger partial charge in [-0.15, -0.1) is 0 Å². The molecule has 1 aliphatic heterocycles. The molecular formula is C25H40N2O4S. The second kappa shape index (κ2) is 11.8. The van der Waals surface area contributed by atoms with Crippen LogP contribution >= 0.6 is 0 Å². The second-order valence-electron chi connectivity index (χ2n) is 8.66. The molecule has 1 atom stereocenters. The molecule has 1 saturated carbocycles. The second-order valence-corrected chi connectivity index (χ2v) is 10.5. The summed E-state index contributed by atoms with van der Waals surface area (Å²) in [5.74, 6) is 0.149. The quantitative estimate of drug-likeness (QED) is 0.613.